The van der Waals surface area contributed by atoms with Crippen molar-refractivity contribution in [2.75, 3.05) is 7.05 Å². The van der Waals surface area contributed by atoms with E-state index in [0.717, 1.165) is 5.56 Å². The van der Waals surface area contributed by atoms with E-state index in [1.807, 2.05) is 27.7 Å². The lowest BCUT2D eigenvalue weighted by Gasteiger charge is -2.27. The van der Waals surface area contributed by atoms with Crippen LogP contribution in [-0.2, 0) is 16.6 Å². The van der Waals surface area contributed by atoms with Crippen LogP contribution in [0.25, 0.3) is 0 Å². The van der Waals surface area contributed by atoms with Gasteiger partial charge in [0, 0.05) is 17.6 Å². The van der Waals surface area contributed by atoms with Crippen LogP contribution >= 0.6 is 11.6 Å². The minimum Gasteiger partial charge on any atom is -0.316 e. The van der Waals surface area contributed by atoms with Gasteiger partial charge in [0.05, 0.1) is 4.90 Å². The molecule has 20 heavy (non-hydrogen) atoms. The molecule has 114 valence electrons. The average Bonchev–Trinajstić information content (AvgIpc) is 2.30. The van der Waals surface area contributed by atoms with Crippen LogP contribution in [-0.4, -0.2) is 21.5 Å². The van der Waals surface area contributed by atoms with E-state index >= 15 is 0 Å². The largest absolute Gasteiger partial charge is 0.316 e. The third kappa shape index (κ3) is 4.45. The van der Waals surface area contributed by atoms with E-state index in [2.05, 4.69) is 10.0 Å². The molecule has 0 aliphatic rings. The van der Waals surface area contributed by atoms with Crippen LogP contribution in [0.2, 0.25) is 5.02 Å². The Morgan fingerprint density at radius 3 is 2.40 bits per heavy atom. The SMILES string of the molecule is CNCc1cc(S(=O)(=O)NC(C)C(C)(C)C)ccc1Cl. The molecular formula is C14H23ClN2O2S. The topological polar surface area (TPSA) is 58.2 Å². The number of sulfonamides is 1. The summed E-state index contributed by atoms with van der Waals surface area (Å²) >= 11 is 6.05. The predicted octanol–water partition coefficient (Wildman–Crippen LogP) is 2.77. The molecule has 4 nitrogen and oxygen atoms in total. The summed E-state index contributed by atoms with van der Waals surface area (Å²) in [6, 6.07) is 4.58. The Kier molecular flexibility index (Phi) is 5.61. The highest BCUT2D eigenvalue weighted by atomic mass is 35.5. The van der Waals surface area contributed by atoms with Gasteiger partial charge in [-0.05, 0) is 43.1 Å². The van der Waals surface area contributed by atoms with Crippen LogP contribution in [0.1, 0.15) is 33.3 Å². The zero-order valence-corrected chi connectivity index (χ0v) is 14.2. The minimum atomic E-state index is -3.54. The second-order valence-corrected chi connectivity index (χ2v) is 8.11. The van der Waals surface area contributed by atoms with Gasteiger partial charge in [0.2, 0.25) is 10.0 Å². The monoisotopic (exact) mass is 318 g/mol. The van der Waals surface area contributed by atoms with Crippen molar-refractivity contribution in [2.24, 2.45) is 5.41 Å². The van der Waals surface area contributed by atoms with Gasteiger partial charge in [0.25, 0.3) is 0 Å². The Morgan fingerprint density at radius 2 is 1.90 bits per heavy atom. The second kappa shape index (κ2) is 6.43. The fourth-order valence-corrected chi connectivity index (χ4v) is 3.21. The standard InChI is InChI=1S/C14H23ClN2O2S/c1-10(14(2,3)4)17-20(18,19)12-6-7-13(15)11(8-12)9-16-5/h6-8,10,16-17H,9H2,1-5H3. The summed E-state index contributed by atoms with van der Waals surface area (Å²) in [7, 11) is -1.75. The zero-order chi connectivity index (χ0) is 15.6. The van der Waals surface area contributed by atoms with Crippen LogP contribution in [0.4, 0.5) is 0 Å². The molecule has 1 aromatic rings. The first-order chi connectivity index (χ1) is 9.08. The summed E-state index contributed by atoms with van der Waals surface area (Å²) in [5.74, 6) is 0. The van der Waals surface area contributed by atoms with Crippen molar-refractivity contribution in [1.29, 1.82) is 0 Å². The first-order valence-electron chi connectivity index (χ1n) is 6.53. The summed E-state index contributed by atoms with van der Waals surface area (Å²) in [4.78, 5) is 0.239. The average molecular weight is 319 g/mol. The molecule has 0 saturated carbocycles. The molecular weight excluding hydrogens is 296 g/mol. The smallest absolute Gasteiger partial charge is 0.240 e. The number of nitrogens with one attached hydrogen (secondary N) is 2. The van der Waals surface area contributed by atoms with Crippen molar-refractivity contribution in [1.82, 2.24) is 10.0 Å². The molecule has 0 aliphatic carbocycles. The maximum Gasteiger partial charge on any atom is 0.240 e. The van der Waals surface area contributed by atoms with E-state index < -0.39 is 10.0 Å². The summed E-state index contributed by atoms with van der Waals surface area (Å²) < 4.78 is 27.5. The molecule has 1 atom stereocenters. The van der Waals surface area contributed by atoms with Crippen molar-refractivity contribution in [3.63, 3.8) is 0 Å². The lowest BCUT2D eigenvalue weighted by Crippen LogP contribution is -2.41. The Hall–Kier alpha value is -0.620. The van der Waals surface area contributed by atoms with Crippen LogP contribution in [0.15, 0.2) is 23.1 Å². The Morgan fingerprint density at radius 1 is 1.30 bits per heavy atom. The summed E-state index contributed by atoms with van der Waals surface area (Å²) in [5, 5.41) is 3.53. The Balaban J connectivity index is 3.07. The number of hydrogen-bond acceptors (Lipinski definition) is 3. The fourth-order valence-electron chi connectivity index (χ4n) is 1.52. The molecule has 0 spiro atoms. The van der Waals surface area contributed by atoms with E-state index in [0.29, 0.717) is 11.6 Å². The zero-order valence-electron chi connectivity index (χ0n) is 12.6. The van der Waals surface area contributed by atoms with Crippen LogP contribution in [0.3, 0.4) is 0 Å². The van der Waals surface area contributed by atoms with Gasteiger partial charge < -0.3 is 5.32 Å². The van der Waals surface area contributed by atoms with Crippen LogP contribution < -0.4 is 10.0 Å². The molecule has 0 saturated heterocycles. The van der Waals surface area contributed by atoms with Gasteiger partial charge in [-0.25, -0.2) is 13.1 Å². The molecule has 2 N–H and O–H groups in total. The molecule has 0 amide bonds. The van der Waals surface area contributed by atoms with E-state index in [-0.39, 0.29) is 16.4 Å². The van der Waals surface area contributed by atoms with Gasteiger partial charge in [-0.3, -0.25) is 0 Å². The van der Waals surface area contributed by atoms with Gasteiger partial charge in [-0.2, -0.15) is 0 Å². The molecule has 1 rings (SSSR count). The van der Waals surface area contributed by atoms with Crippen molar-refractivity contribution in [2.45, 2.75) is 45.2 Å². The van der Waals surface area contributed by atoms with Crippen molar-refractivity contribution in [3.8, 4) is 0 Å². The Bertz CT molecular complexity index is 565. The highest BCUT2D eigenvalue weighted by Gasteiger charge is 2.26. The molecule has 0 aromatic heterocycles. The van der Waals surface area contributed by atoms with Crippen molar-refractivity contribution in [3.05, 3.63) is 28.8 Å². The first-order valence-corrected chi connectivity index (χ1v) is 8.39. The van der Waals surface area contributed by atoms with E-state index in [4.69, 9.17) is 11.6 Å². The summed E-state index contributed by atoms with van der Waals surface area (Å²) in [5.41, 5.74) is 0.619. The number of halogens is 1. The molecule has 6 heteroatoms. The van der Waals surface area contributed by atoms with E-state index in [1.54, 1.807) is 19.2 Å². The minimum absolute atomic E-state index is 0.146. The van der Waals surface area contributed by atoms with Gasteiger partial charge in [-0.15, -0.1) is 0 Å². The maximum absolute atomic E-state index is 12.4. The van der Waals surface area contributed by atoms with E-state index in [1.165, 1.54) is 6.07 Å². The highest BCUT2D eigenvalue weighted by Crippen LogP contribution is 2.23. The van der Waals surface area contributed by atoms with Crippen LogP contribution in [0.5, 0.6) is 0 Å². The third-order valence-corrected chi connectivity index (χ3v) is 5.23. The molecule has 0 heterocycles. The number of rotatable bonds is 5. The summed E-state index contributed by atoms with van der Waals surface area (Å²) in [6.45, 7) is 8.37. The first kappa shape index (κ1) is 17.4. The molecule has 1 aromatic carbocycles. The van der Waals surface area contributed by atoms with Gasteiger partial charge >= 0.3 is 0 Å². The van der Waals surface area contributed by atoms with Gasteiger partial charge in [0.15, 0.2) is 0 Å². The van der Waals surface area contributed by atoms with Crippen molar-refractivity contribution >= 4 is 21.6 Å². The molecule has 0 fully saturated rings. The lowest BCUT2D eigenvalue weighted by molar-refractivity contribution is 0.317. The van der Waals surface area contributed by atoms with Gasteiger partial charge in [-0.1, -0.05) is 32.4 Å². The molecule has 0 radical (unpaired) electrons. The number of benzene rings is 1. The Labute approximate surface area is 127 Å². The quantitative estimate of drug-likeness (QED) is 0.877. The summed E-state index contributed by atoms with van der Waals surface area (Å²) in [6.07, 6.45) is 0. The molecule has 0 bridgehead atoms. The van der Waals surface area contributed by atoms with E-state index in [9.17, 15) is 8.42 Å². The lowest BCUT2D eigenvalue weighted by atomic mass is 9.89. The molecule has 1 unspecified atom stereocenters. The third-order valence-electron chi connectivity index (χ3n) is 3.33. The van der Waals surface area contributed by atoms with Gasteiger partial charge in [0.1, 0.15) is 0 Å². The normalized spacial score (nSPS) is 14.3. The predicted molar refractivity (Wildman–Crippen MR) is 83.5 cm³/mol. The maximum atomic E-state index is 12.4. The van der Waals surface area contributed by atoms with Crippen LogP contribution in [0, 0.1) is 5.41 Å². The molecule has 0 aliphatic heterocycles. The number of hydrogen-bond donors (Lipinski definition) is 2. The second-order valence-electron chi connectivity index (χ2n) is 5.99. The fraction of sp³-hybridized carbons (Fsp3) is 0.571. The highest BCUT2D eigenvalue weighted by molar-refractivity contribution is 7.89. The van der Waals surface area contributed by atoms with Crippen molar-refractivity contribution < 1.29 is 8.42 Å².